The molecule has 0 saturated heterocycles. The molecule has 0 atom stereocenters. The summed E-state index contributed by atoms with van der Waals surface area (Å²) < 4.78 is 1.85. The van der Waals surface area contributed by atoms with Crippen LogP contribution in [0.4, 0.5) is 5.69 Å². The number of rotatable bonds is 4. The molecule has 2 aromatic heterocycles. The molecule has 0 amide bonds. The lowest BCUT2D eigenvalue weighted by Crippen LogP contribution is -2.00. The van der Waals surface area contributed by atoms with Crippen molar-refractivity contribution in [1.29, 1.82) is 0 Å². The van der Waals surface area contributed by atoms with Crippen LogP contribution in [-0.4, -0.2) is 14.8 Å². The number of nitrogens with zero attached hydrogens (tertiary/aromatic N) is 2. The summed E-state index contributed by atoms with van der Waals surface area (Å²) in [5.41, 5.74) is 3.38. The fourth-order valence-corrected chi connectivity index (χ4v) is 1.85. The molecule has 2 N–H and O–H groups in total. The lowest BCUT2D eigenvalue weighted by molar-refractivity contribution is 0.880. The van der Waals surface area contributed by atoms with E-state index in [2.05, 4.69) is 33.6 Å². The average Bonchev–Trinajstić information content (AvgIpc) is 3.10. The maximum absolute atomic E-state index is 4.22. The van der Waals surface area contributed by atoms with Crippen LogP contribution in [0.5, 0.6) is 0 Å². The molecule has 0 radical (unpaired) electrons. The number of aromatic nitrogens is 3. The fourth-order valence-electron chi connectivity index (χ4n) is 1.85. The van der Waals surface area contributed by atoms with Gasteiger partial charge in [0.25, 0.3) is 0 Å². The van der Waals surface area contributed by atoms with Crippen molar-refractivity contribution in [3.8, 4) is 5.69 Å². The Morgan fingerprint density at radius 1 is 1.22 bits per heavy atom. The second-order valence-electron chi connectivity index (χ2n) is 4.07. The molecule has 0 aliphatic carbocycles. The quantitative estimate of drug-likeness (QED) is 0.734. The first-order chi connectivity index (χ1) is 8.92. The largest absolute Gasteiger partial charge is 0.381 e. The monoisotopic (exact) mass is 238 g/mol. The molecule has 0 bridgehead atoms. The predicted molar refractivity (Wildman–Crippen MR) is 71.7 cm³/mol. The van der Waals surface area contributed by atoms with E-state index in [9.17, 15) is 0 Å². The molecule has 2 heterocycles. The molecule has 0 aliphatic heterocycles. The first-order valence-electron chi connectivity index (χ1n) is 5.87. The van der Waals surface area contributed by atoms with E-state index < -0.39 is 0 Å². The van der Waals surface area contributed by atoms with E-state index in [4.69, 9.17) is 0 Å². The van der Waals surface area contributed by atoms with Gasteiger partial charge in [0.2, 0.25) is 0 Å². The van der Waals surface area contributed by atoms with E-state index in [0.29, 0.717) is 0 Å². The van der Waals surface area contributed by atoms with Crippen LogP contribution in [0.15, 0.2) is 61.2 Å². The van der Waals surface area contributed by atoms with Crippen molar-refractivity contribution >= 4 is 5.69 Å². The Morgan fingerprint density at radius 2 is 2.22 bits per heavy atom. The van der Waals surface area contributed by atoms with Gasteiger partial charge in [-0.25, -0.2) is 4.68 Å². The van der Waals surface area contributed by atoms with Crippen molar-refractivity contribution in [2.45, 2.75) is 6.54 Å². The van der Waals surface area contributed by atoms with Crippen molar-refractivity contribution in [2.24, 2.45) is 0 Å². The van der Waals surface area contributed by atoms with E-state index in [-0.39, 0.29) is 0 Å². The summed E-state index contributed by atoms with van der Waals surface area (Å²) in [6, 6.07) is 12.2. The number of hydrogen-bond acceptors (Lipinski definition) is 2. The van der Waals surface area contributed by atoms with Crippen LogP contribution in [0.2, 0.25) is 0 Å². The summed E-state index contributed by atoms with van der Waals surface area (Å²) in [7, 11) is 0. The normalized spacial score (nSPS) is 10.4. The van der Waals surface area contributed by atoms with Gasteiger partial charge in [0.1, 0.15) is 0 Å². The van der Waals surface area contributed by atoms with E-state index in [1.54, 1.807) is 6.20 Å². The first-order valence-corrected chi connectivity index (χ1v) is 5.87. The van der Waals surface area contributed by atoms with Gasteiger partial charge >= 0.3 is 0 Å². The number of nitrogens with one attached hydrogen (secondary N) is 2. The summed E-state index contributed by atoms with van der Waals surface area (Å²) >= 11 is 0. The Hall–Kier alpha value is -2.49. The zero-order chi connectivity index (χ0) is 12.2. The SMILES string of the molecule is c1cc(NCc2cc[nH]c2)cc(-n2cccn2)c1. The van der Waals surface area contributed by atoms with Crippen molar-refractivity contribution in [2.75, 3.05) is 5.32 Å². The molecule has 1 aromatic carbocycles. The van der Waals surface area contributed by atoms with Crippen LogP contribution in [0.3, 0.4) is 0 Å². The molecule has 3 rings (SSSR count). The average molecular weight is 238 g/mol. The molecule has 0 saturated carbocycles. The highest BCUT2D eigenvalue weighted by Crippen LogP contribution is 2.14. The second-order valence-corrected chi connectivity index (χ2v) is 4.07. The summed E-state index contributed by atoms with van der Waals surface area (Å²) in [5.74, 6) is 0. The minimum absolute atomic E-state index is 0.812. The van der Waals surface area contributed by atoms with Gasteiger partial charge in [0, 0.05) is 37.0 Å². The van der Waals surface area contributed by atoms with Crippen molar-refractivity contribution in [1.82, 2.24) is 14.8 Å². The van der Waals surface area contributed by atoms with Crippen LogP contribution >= 0.6 is 0 Å². The van der Waals surface area contributed by atoms with E-state index >= 15 is 0 Å². The Labute approximate surface area is 105 Å². The maximum Gasteiger partial charge on any atom is 0.0666 e. The van der Waals surface area contributed by atoms with Gasteiger partial charge in [-0.2, -0.15) is 5.10 Å². The van der Waals surface area contributed by atoms with Crippen LogP contribution < -0.4 is 5.32 Å². The summed E-state index contributed by atoms with van der Waals surface area (Å²) in [6.07, 6.45) is 7.63. The van der Waals surface area contributed by atoms with Gasteiger partial charge in [-0.05, 0) is 35.9 Å². The number of aromatic amines is 1. The molecule has 0 aliphatic rings. The third-order valence-electron chi connectivity index (χ3n) is 2.77. The highest BCUT2D eigenvalue weighted by molar-refractivity contribution is 5.51. The molecular formula is C14H14N4. The number of anilines is 1. The number of hydrogen-bond donors (Lipinski definition) is 2. The van der Waals surface area contributed by atoms with Gasteiger partial charge in [-0.1, -0.05) is 6.07 Å². The number of benzene rings is 1. The fraction of sp³-hybridized carbons (Fsp3) is 0.0714. The molecule has 0 unspecified atom stereocenters. The second kappa shape index (κ2) is 4.79. The summed E-state index contributed by atoms with van der Waals surface area (Å²) in [5, 5.41) is 7.61. The molecule has 18 heavy (non-hydrogen) atoms. The van der Waals surface area contributed by atoms with E-state index in [1.165, 1.54) is 5.56 Å². The molecule has 3 aromatic rings. The zero-order valence-corrected chi connectivity index (χ0v) is 9.88. The Morgan fingerprint density at radius 3 is 3.00 bits per heavy atom. The van der Waals surface area contributed by atoms with Crippen molar-refractivity contribution in [3.63, 3.8) is 0 Å². The van der Waals surface area contributed by atoms with Crippen LogP contribution in [0, 0.1) is 0 Å². The maximum atomic E-state index is 4.22. The third kappa shape index (κ3) is 2.27. The van der Waals surface area contributed by atoms with Gasteiger partial charge < -0.3 is 10.3 Å². The summed E-state index contributed by atoms with van der Waals surface area (Å²) in [6.45, 7) is 0.812. The molecule has 90 valence electrons. The molecule has 0 spiro atoms. The van der Waals surface area contributed by atoms with Crippen molar-refractivity contribution < 1.29 is 0 Å². The molecule has 4 heteroatoms. The summed E-state index contributed by atoms with van der Waals surface area (Å²) in [4.78, 5) is 3.05. The molecule has 4 nitrogen and oxygen atoms in total. The van der Waals surface area contributed by atoms with Crippen molar-refractivity contribution in [3.05, 3.63) is 66.7 Å². The lowest BCUT2D eigenvalue weighted by Gasteiger charge is -2.07. The van der Waals surface area contributed by atoms with Gasteiger partial charge in [-0.15, -0.1) is 0 Å². The predicted octanol–water partition coefficient (Wildman–Crippen LogP) is 2.81. The van der Waals surface area contributed by atoms with Gasteiger partial charge in [0.05, 0.1) is 5.69 Å². The van der Waals surface area contributed by atoms with E-state index in [1.807, 2.05) is 41.5 Å². The lowest BCUT2D eigenvalue weighted by atomic mass is 10.2. The van der Waals surface area contributed by atoms with E-state index in [0.717, 1.165) is 17.9 Å². The Bertz CT molecular complexity index is 597. The standard InChI is InChI=1S/C14H14N4/c1-3-13(16-11-12-5-7-15-10-12)9-14(4-1)18-8-2-6-17-18/h1-10,15-16H,11H2. The third-order valence-corrected chi connectivity index (χ3v) is 2.77. The van der Waals surface area contributed by atoms with Gasteiger partial charge in [-0.3, -0.25) is 0 Å². The minimum Gasteiger partial charge on any atom is -0.381 e. The highest BCUT2D eigenvalue weighted by Gasteiger charge is 1.98. The van der Waals surface area contributed by atoms with Crippen LogP contribution in [0.1, 0.15) is 5.56 Å². The smallest absolute Gasteiger partial charge is 0.0666 e. The molecular weight excluding hydrogens is 224 g/mol. The Balaban J connectivity index is 1.75. The zero-order valence-electron chi connectivity index (χ0n) is 9.88. The topological polar surface area (TPSA) is 45.6 Å². The molecule has 0 fully saturated rings. The van der Waals surface area contributed by atoms with Crippen LogP contribution in [-0.2, 0) is 6.54 Å². The van der Waals surface area contributed by atoms with Crippen LogP contribution in [0.25, 0.3) is 5.69 Å². The van der Waals surface area contributed by atoms with Gasteiger partial charge in [0.15, 0.2) is 0 Å². The minimum atomic E-state index is 0.812. The Kier molecular flexibility index (Phi) is 2.84. The first kappa shape index (κ1) is 10.7. The highest BCUT2D eigenvalue weighted by atomic mass is 15.3. The number of H-pyrrole nitrogens is 1.